The first-order valence-corrected chi connectivity index (χ1v) is 3.79. The van der Waals surface area contributed by atoms with Gasteiger partial charge >= 0.3 is 11.9 Å². The zero-order valence-electron chi connectivity index (χ0n) is 7.33. The fourth-order valence-corrected chi connectivity index (χ4v) is 0.932. The van der Waals surface area contributed by atoms with Gasteiger partial charge in [0.15, 0.2) is 0 Å². The third-order valence-corrected chi connectivity index (χ3v) is 1.74. The molecule has 0 aliphatic heterocycles. The molecule has 14 heavy (non-hydrogen) atoms. The molecule has 0 radical (unpaired) electrons. The number of hydrogen-bond donors (Lipinski definition) is 2. The van der Waals surface area contributed by atoms with E-state index in [1.165, 1.54) is 12.1 Å². The van der Waals surface area contributed by atoms with E-state index in [1.807, 2.05) is 0 Å². The maximum absolute atomic E-state index is 12.9. The first-order valence-electron chi connectivity index (χ1n) is 3.79. The lowest BCUT2D eigenvalue weighted by atomic mass is 10.1. The van der Waals surface area contributed by atoms with Crippen LogP contribution in [0.2, 0.25) is 0 Å². The minimum Gasteiger partial charge on any atom is -0.477 e. The minimum absolute atomic E-state index is 0.241. The van der Waals surface area contributed by atoms with Crippen LogP contribution in [0.15, 0.2) is 16.5 Å². The van der Waals surface area contributed by atoms with Gasteiger partial charge in [-0.3, -0.25) is 0 Å². The number of furan rings is 1. The number of carbonyl (C=O) groups is 1. The number of rotatable bonds is 3. The average Bonchev–Trinajstić information content (AvgIpc) is 2.50. The summed E-state index contributed by atoms with van der Waals surface area (Å²) in [7, 11) is 0. The Labute approximate surface area is 78.3 Å². The smallest absolute Gasteiger partial charge is 0.376 e. The topological polar surface area (TPSA) is 76.5 Å². The number of aryl methyl sites for hydroxylation is 1. The molecule has 0 aliphatic carbocycles. The molecule has 0 fully saturated rings. The van der Waals surface area contributed by atoms with E-state index < -0.39 is 17.9 Å². The highest BCUT2D eigenvalue weighted by Gasteiger charge is 2.47. The molecule has 0 unspecified atom stereocenters. The van der Waals surface area contributed by atoms with E-state index in [1.54, 1.807) is 6.92 Å². The monoisotopic (exact) mass is 205 g/mol. The predicted octanol–water partition coefficient (Wildman–Crippen LogP) is 1.31. The van der Waals surface area contributed by atoms with Crippen molar-refractivity contribution in [3.8, 4) is 0 Å². The maximum atomic E-state index is 12.9. The number of carboxylic acids is 1. The van der Waals surface area contributed by atoms with Gasteiger partial charge in [0, 0.05) is 0 Å². The summed E-state index contributed by atoms with van der Waals surface area (Å²) in [4.78, 5) is 10.2. The SMILES string of the molecule is Cc1ccc([C@H](N)C(F)(F)C(=O)O)o1. The van der Waals surface area contributed by atoms with E-state index in [0.717, 1.165) is 0 Å². The molecule has 1 aromatic heterocycles. The molecule has 1 heterocycles. The Morgan fingerprint density at radius 1 is 1.64 bits per heavy atom. The lowest BCUT2D eigenvalue weighted by molar-refractivity contribution is -0.168. The Morgan fingerprint density at radius 2 is 2.21 bits per heavy atom. The number of hydrogen-bond acceptors (Lipinski definition) is 3. The van der Waals surface area contributed by atoms with Crippen LogP contribution in [0.25, 0.3) is 0 Å². The standard InChI is InChI=1S/C8H9F2NO3/c1-4-2-3-5(14-4)6(11)8(9,10)7(12)13/h2-3,6H,11H2,1H3,(H,12,13)/t6-/m0/s1. The highest BCUT2D eigenvalue weighted by Crippen LogP contribution is 2.30. The summed E-state index contributed by atoms with van der Waals surface area (Å²) in [5.74, 6) is -6.13. The number of aliphatic carboxylic acids is 1. The molecule has 1 aromatic rings. The highest BCUT2D eigenvalue weighted by molar-refractivity contribution is 5.76. The number of nitrogens with two attached hydrogens (primary N) is 1. The fraction of sp³-hybridized carbons (Fsp3) is 0.375. The molecule has 0 bridgehead atoms. The molecule has 0 spiro atoms. The molecule has 0 aliphatic rings. The van der Waals surface area contributed by atoms with E-state index in [9.17, 15) is 13.6 Å². The van der Waals surface area contributed by atoms with Crippen molar-refractivity contribution in [2.45, 2.75) is 18.9 Å². The Kier molecular flexibility index (Phi) is 2.57. The van der Waals surface area contributed by atoms with Gasteiger partial charge < -0.3 is 15.3 Å². The van der Waals surface area contributed by atoms with Gasteiger partial charge in [-0.2, -0.15) is 8.78 Å². The summed E-state index contributed by atoms with van der Waals surface area (Å²) < 4.78 is 30.5. The molecular weight excluding hydrogens is 196 g/mol. The Morgan fingerprint density at radius 3 is 2.57 bits per heavy atom. The van der Waals surface area contributed by atoms with Crippen molar-refractivity contribution in [2.24, 2.45) is 5.73 Å². The van der Waals surface area contributed by atoms with Gasteiger partial charge in [0.1, 0.15) is 17.6 Å². The van der Waals surface area contributed by atoms with Crippen molar-refractivity contribution < 1.29 is 23.1 Å². The van der Waals surface area contributed by atoms with Crippen LogP contribution in [0.5, 0.6) is 0 Å². The van der Waals surface area contributed by atoms with Gasteiger partial charge in [-0.1, -0.05) is 0 Å². The van der Waals surface area contributed by atoms with Crippen LogP contribution >= 0.6 is 0 Å². The van der Waals surface area contributed by atoms with Gasteiger partial charge in [-0.15, -0.1) is 0 Å². The average molecular weight is 205 g/mol. The molecule has 78 valence electrons. The summed E-state index contributed by atoms with van der Waals surface area (Å²) >= 11 is 0. The van der Waals surface area contributed by atoms with Crippen LogP contribution in [0.1, 0.15) is 17.6 Å². The molecular formula is C8H9F2NO3. The number of alkyl halides is 2. The van der Waals surface area contributed by atoms with Crippen molar-refractivity contribution in [3.05, 3.63) is 23.7 Å². The second-order valence-electron chi connectivity index (χ2n) is 2.85. The Bertz CT molecular complexity index is 348. The normalized spacial score (nSPS) is 14.0. The third kappa shape index (κ3) is 1.74. The first kappa shape index (κ1) is 10.6. The molecule has 1 atom stereocenters. The zero-order valence-corrected chi connectivity index (χ0v) is 7.33. The number of halogens is 2. The van der Waals surface area contributed by atoms with E-state index in [0.29, 0.717) is 5.76 Å². The van der Waals surface area contributed by atoms with Crippen molar-refractivity contribution in [3.63, 3.8) is 0 Å². The summed E-state index contributed by atoms with van der Waals surface area (Å²) in [6.07, 6.45) is 0. The van der Waals surface area contributed by atoms with Gasteiger partial charge in [0.25, 0.3) is 0 Å². The van der Waals surface area contributed by atoms with Crippen molar-refractivity contribution >= 4 is 5.97 Å². The van der Waals surface area contributed by atoms with Crippen LogP contribution < -0.4 is 5.73 Å². The fourth-order valence-electron chi connectivity index (χ4n) is 0.932. The van der Waals surface area contributed by atoms with Crippen LogP contribution in [-0.4, -0.2) is 17.0 Å². The molecule has 0 aromatic carbocycles. The third-order valence-electron chi connectivity index (χ3n) is 1.74. The molecule has 6 heteroatoms. The van der Waals surface area contributed by atoms with Crippen LogP contribution in [0.3, 0.4) is 0 Å². The second kappa shape index (κ2) is 3.38. The summed E-state index contributed by atoms with van der Waals surface area (Å²) in [5, 5.41) is 8.21. The summed E-state index contributed by atoms with van der Waals surface area (Å²) in [6, 6.07) is 0.706. The van der Waals surface area contributed by atoms with Gasteiger partial charge in [-0.05, 0) is 19.1 Å². The van der Waals surface area contributed by atoms with Gasteiger partial charge in [-0.25, -0.2) is 4.79 Å². The molecule has 0 saturated heterocycles. The van der Waals surface area contributed by atoms with E-state index in [-0.39, 0.29) is 5.76 Å². The molecule has 0 saturated carbocycles. The van der Waals surface area contributed by atoms with Crippen molar-refractivity contribution in [1.29, 1.82) is 0 Å². The van der Waals surface area contributed by atoms with E-state index in [4.69, 9.17) is 15.3 Å². The van der Waals surface area contributed by atoms with Crippen molar-refractivity contribution in [2.75, 3.05) is 0 Å². The predicted molar refractivity (Wildman–Crippen MR) is 43.0 cm³/mol. The molecule has 0 amide bonds. The second-order valence-corrected chi connectivity index (χ2v) is 2.85. The van der Waals surface area contributed by atoms with Crippen LogP contribution in [-0.2, 0) is 4.79 Å². The zero-order chi connectivity index (χ0) is 10.9. The van der Waals surface area contributed by atoms with Crippen LogP contribution in [0, 0.1) is 6.92 Å². The summed E-state index contributed by atoms with van der Waals surface area (Å²) in [6.45, 7) is 1.55. The maximum Gasteiger partial charge on any atom is 0.376 e. The molecule has 3 N–H and O–H groups in total. The number of carboxylic acid groups (broad SMARTS) is 1. The molecule has 4 nitrogen and oxygen atoms in total. The quantitative estimate of drug-likeness (QED) is 0.779. The Hall–Kier alpha value is -1.43. The van der Waals surface area contributed by atoms with Crippen LogP contribution in [0.4, 0.5) is 8.78 Å². The van der Waals surface area contributed by atoms with E-state index >= 15 is 0 Å². The first-order chi connectivity index (χ1) is 6.35. The lowest BCUT2D eigenvalue weighted by Gasteiger charge is -2.16. The molecule has 1 rings (SSSR count). The van der Waals surface area contributed by atoms with Gasteiger partial charge in [0.05, 0.1) is 0 Å². The highest BCUT2D eigenvalue weighted by atomic mass is 19.3. The minimum atomic E-state index is -4.02. The summed E-state index contributed by atoms with van der Waals surface area (Å²) in [5.41, 5.74) is 5.06. The van der Waals surface area contributed by atoms with Gasteiger partial charge in [0.2, 0.25) is 0 Å². The van der Waals surface area contributed by atoms with E-state index in [2.05, 4.69) is 0 Å². The van der Waals surface area contributed by atoms with Crippen molar-refractivity contribution in [1.82, 2.24) is 0 Å². The lowest BCUT2D eigenvalue weighted by Crippen LogP contribution is -2.40. The largest absolute Gasteiger partial charge is 0.477 e. The Balaban J connectivity index is 2.95.